The molecule has 84 valence electrons. The highest BCUT2D eigenvalue weighted by atomic mass is 79.9. The number of nitrogens with zero attached hydrogens (tertiary/aromatic N) is 4. The zero-order valence-electron chi connectivity index (χ0n) is 9.11. The van der Waals surface area contributed by atoms with Gasteiger partial charge < -0.3 is 5.32 Å². The summed E-state index contributed by atoms with van der Waals surface area (Å²) in [6.07, 6.45) is 4.33. The number of nitrogens with one attached hydrogen (secondary N) is 1. The molecule has 2 aromatic heterocycles. The third-order valence-electron chi connectivity index (χ3n) is 2.14. The summed E-state index contributed by atoms with van der Waals surface area (Å²) in [4.78, 5) is 8.10. The average Bonchev–Trinajstić information content (AvgIpc) is 2.59. The number of hydrogen-bond acceptors (Lipinski definition) is 4. The summed E-state index contributed by atoms with van der Waals surface area (Å²) in [5, 5.41) is 7.57. The molecule has 0 amide bonds. The molecule has 0 aliphatic rings. The molecule has 0 saturated carbocycles. The van der Waals surface area contributed by atoms with Crippen molar-refractivity contribution >= 4 is 27.4 Å². The lowest BCUT2D eigenvalue weighted by Gasteiger charge is -2.03. The Labute approximate surface area is 102 Å². The van der Waals surface area contributed by atoms with E-state index in [1.54, 1.807) is 4.68 Å². The highest BCUT2D eigenvalue weighted by molar-refractivity contribution is 9.10. The first-order valence-electron chi connectivity index (χ1n) is 4.96. The molecule has 5 nitrogen and oxygen atoms in total. The Morgan fingerprint density at radius 3 is 2.94 bits per heavy atom. The van der Waals surface area contributed by atoms with Crippen LogP contribution < -0.4 is 5.32 Å². The molecule has 0 aromatic carbocycles. The van der Waals surface area contributed by atoms with Crippen LogP contribution in [0.5, 0.6) is 0 Å². The molecule has 2 rings (SSSR count). The van der Waals surface area contributed by atoms with Crippen molar-refractivity contribution in [2.45, 2.75) is 13.3 Å². The molecule has 16 heavy (non-hydrogen) atoms. The molecule has 1 N–H and O–H groups in total. The number of halogens is 1. The highest BCUT2D eigenvalue weighted by Crippen LogP contribution is 2.19. The second-order valence-corrected chi connectivity index (χ2v) is 4.18. The van der Waals surface area contributed by atoms with Gasteiger partial charge in [0.1, 0.15) is 16.7 Å². The minimum atomic E-state index is 0.754. The van der Waals surface area contributed by atoms with Crippen molar-refractivity contribution in [2.24, 2.45) is 7.05 Å². The molecule has 0 saturated heterocycles. The molecular weight excluding hydrogens is 270 g/mol. The molecule has 0 aliphatic heterocycles. The van der Waals surface area contributed by atoms with Gasteiger partial charge >= 0.3 is 0 Å². The lowest BCUT2D eigenvalue weighted by molar-refractivity contribution is 0.746. The number of aryl methyl sites for hydroxylation is 2. The molecular formula is C10H12BrN5. The Morgan fingerprint density at radius 2 is 2.25 bits per heavy atom. The van der Waals surface area contributed by atoms with Gasteiger partial charge in [-0.2, -0.15) is 5.10 Å². The summed E-state index contributed by atoms with van der Waals surface area (Å²) >= 11 is 3.30. The summed E-state index contributed by atoms with van der Waals surface area (Å²) in [7, 11) is 1.90. The molecule has 6 heteroatoms. The van der Waals surface area contributed by atoms with E-state index in [4.69, 9.17) is 0 Å². The molecule has 2 heterocycles. The van der Waals surface area contributed by atoms with Gasteiger partial charge in [-0.3, -0.25) is 4.68 Å². The first-order chi connectivity index (χ1) is 7.69. The fourth-order valence-corrected chi connectivity index (χ4v) is 1.75. The predicted molar refractivity (Wildman–Crippen MR) is 65.6 cm³/mol. The third kappa shape index (κ3) is 2.38. The van der Waals surface area contributed by atoms with E-state index in [1.165, 1.54) is 6.33 Å². The second-order valence-electron chi connectivity index (χ2n) is 3.37. The van der Waals surface area contributed by atoms with Crippen molar-refractivity contribution in [1.29, 1.82) is 0 Å². The van der Waals surface area contributed by atoms with Gasteiger partial charge in [-0.1, -0.05) is 6.92 Å². The summed E-state index contributed by atoms with van der Waals surface area (Å²) in [5.74, 6) is 0.754. The van der Waals surface area contributed by atoms with Gasteiger partial charge in [-0.15, -0.1) is 0 Å². The van der Waals surface area contributed by atoms with Gasteiger partial charge in [0, 0.05) is 19.3 Å². The van der Waals surface area contributed by atoms with E-state index in [0.29, 0.717) is 0 Å². The fourth-order valence-electron chi connectivity index (χ4n) is 1.44. The third-order valence-corrected chi connectivity index (χ3v) is 2.57. The topological polar surface area (TPSA) is 55.6 Å². The number of hydrogen-bond donors (Lipinski definition) is 1. The maximum atomic E-state index is 4.35. The minimum absolute atomic E-state index is 0.754. The lowest BCUT2D eigenvalue weighted by Crippen LogP contribution is -1.96. The molecule has 0 aliphatic carbocycles. The number of anilines is 2. The van der Waals surface area contributed by atoms with Gasteiger partial charge in [0.05, 0.1) is 11.4 Å². The van der Waals surface area contributed by atoms with Gasteiger partial charge in [-0.05, 0) is 22.4 Å². The maximum Gasteiger partial charge on any atom is 0.134 e. The van der Waals surface area contributed by atoms with Crippen molar-refractivity contribution in [3.05, 3.63) is 28.9 Å². The van der Waals surface area contributed by atoms with Crippen LogP contribution >= 0.6 is 15.9 Å². The standard InChI is InChI=1S/C10H12BrN5/c1-3-7-8(5-16(2)15-7)14-10-4-9(11)12-6-13-10/h4-6H,3H2,1-2H3,(H,12,13,14). The monoisotopic (exact) mass is 281 g/mol. The molecule has 0 spiro atoms. The van der Waals surface area contributed by atoms with Gasteiger partial charge in [0.2, 0.25) is 0 Å². The van der Waals surface area contributed by atoms with Crippen molar-refractivity contribution in [2.75, 3.05) is 5.32 Å². The first kappa shape index (κ1) is 11.1. The average molecular weight is 282 g/mol. The predicted octanol–water partition coefficient (Wildman–Crippen LogP) is 2.28. The number of rotatable bonds is 3. The molecule has 0 radical (unpaired) electrons. The van der Waals surface area contributed by atoms with Crippen molar-refractivity contribution in [1.82, 2.24) is 19.7 Å². The molecule has 0 atom stereocenters. The van der Waals surface area contributed by atoms with Crippen molar-refractivity contribution in [3.8, 4) is 0 Å². The Hall–Kier alpha value is -1.43. The summed E-state index contributed by atoms with van der Waals surface area (Å²) in [5.41, 5.74) is 2.01. The normalized spacial score (nSPS) is 10.4. The van der Waals surface area contributed by atoms with E-state index >= 15 is 0 Å². The lowest BCUT2D eigenvalue weighted by atomic mass is 10.3. The van der Waals surface area contributed by atoms with Crippen LogP contribution in [0.15, 0.2) is 23.2 Å². The number of aromatic nitrogens is 4. The Morgan fingerprint density at radius 1 is 1.44 bits per heavy atom. The van der Waals surface area contributed by atoms with Crippen LogP contribution in [-0.4, -0.2) is 19.7 Å². The van der Waals surface area contributed by atoms with E-state index in [9.17, 15) is 0 Å². The van der Waals surface area contributed by atoms with Crippen LogP contribution in [-0.2, 0) is 13.5 Å². The van der Waals surface area contributed by atoms with E-state index in [2.05, 4.69) is 43.2 Å². The molecule has 0 fully saturated rings. The van der Waals surface area contributed by atoms with Crippen LogP contribution in [0.2, 0.25) is 0 Å². The minimum Gasteiger partial charge on any atom is -0.337 e. The maximum absolute atomic E-state index is 4.35. The Bertz CT molecular complexity index is 494. The van der Waals surface area contributed by atoms with Crippen LogP contribution in [0.1, 0.15) is 12.6 Å². The molecule has 0 unspecified atom stereocenters. The zero-order valence-corrected chi connectivity index (χ0v) is 10.7. The molecule has 0 bridgehead atoms. The van der Waals surface area contributed by atoms with Crippen LogP contribution in [0.4, 0.5) is 11.5 Å². The fraction of sp³-hybridized carbons (Fsp3) is 0.300. The van der Waals surface area contributed by atoms with E-state index in [1.807, 2.05) is 19.3 Å². The summed E-state index contributed by atoms with van der Waals surface area (Å²) in [6, 6.07) is 1.83. The second kappa shape index (κ2) is 4.61. The largest absolute Gasteiger partial charge is 0.337 e. The summed E-state index contributed by atoms with van der Waals surface area (Å²) < 4.78 is 2.55. The molecule has 2 aromatic rings. The Kier molecular flexibility index (Phi) is 3.19. The quantitative estimate of drug-likeness (QED) is 0.877. The van der Waals surface area contributed by atoms with E-state index < -0.39 is 0 Å². The van der Waals surface area contributed by atoms with Gasteiger partial charge in [0.15, 0.2) is 0 Å². The first-order valence-corrected chi connectivity index (χ1v) is 5.75. The van der Waals surface area contributed by atoms with Crippen LogP contribution in [0.25, 0.3) is 0 Å². The van der Waals surface area contributed by atoms with Crippen molar-refractivity contribution < 1.29 is 0 Å². The van der Waals surface area contributed by atoms with E-state index in [0.717, 1.165) is 28.2 Å². The van der Waals surface area contributed by atoms with Gasteiger partial charge in [0.25, 0.3) is 0 Å². The van der Waals surface area contributed by atoms with Crippen LogP contribution in [0, 0.1) is 0 Å². The van der Waals surface area contributed by atoms with Gasteiger partial charge in [-0.25, -0.2) is 9.97 Å². The highest BCUT2D eigenvalue weighted by Gasteiger charge is 2.06. The van der Waals surface area contributed by atoms with Crippen molar-refractivity contribution in [3.63, 3.8) is 0 Å². The smallest absolute Gasteiger partial charge is 0.134 e. The zero-order chi connectivity index (χ0) is 11.5. The Balaban J connectivity index is 2.26. The summed E-state index contributed by atoms with van der Waals surface area (Å²) in [6.45, 7) is 2.07. The van der Waals surface area contributed by atoms with E-state index in [-0.39, 0.29) is 0 Å². The SMILES string of the molecule is CCc1nn(C)cc1Nc1cc(Br)ncn1. The van der Waals surface area contributed by atoms with Crippen LogP contribution in [0.3, 0.4) is 0 Å².